The Hall–Kier alpha value is -2.24. The Kier molecular flexibility index (Phi) is 7.10. The summed E-state index contributed by atoms with van der Waals surface area (Å²) in [6, 6.07) is 13.8. The average molecular weight is 382 g/mol. The van der Waals surface area contributed by atoms with Crippen molar-refractivity contribution in [3.63, 3.8) is 0 Å². The number of amides is 1. The summed E-state index contributed by atoms with van der Waals surface area (Å²) in [6.07, 6.45) is -0.941. The summed E-state index contributed by atoms with van der Waals surface area (Å²) in [5.74, 6) is -0.367. The van der Waals surface area contributed by atoms with Gasteiger partial charge in [0.15, 0.2) is 6.10 Å². The van der Waals surface area contributed by atoms with Crippen molar-refractivity contribution in [2.75, 3.05) is 11.9 Å². The number of ether oxygens (including phenoxy) is 2. The van der Waals surface area contributed by atoms with Crippen molar-refractivity contribution in [2.24, 2.45) is 0 Å². The van der Waals surface area contributed by atoms with Crippen LogP contribution in [0.1, 0.15) is 13.3 Å². The molecule has 0 unspecified atom stereocenters. The Bertz CT molecular complexity index is 737. The lowest BCUT2D eigenvalue weighted by molar-refractivity contribution is -0.153. The van der Waals surface area contributed by atoms with Crippen LogP contribution in [0, 0.1) is 0 Å². The maximum absolute atomic E-state index is 12.1. The first kappa shape index (κ1) is 19.1. The van der Waals surface area contributed by atoms with Crippen molar-refractivity contribution >= 4 is 40.8 Å². The highest BCUT2D eigenvalue weighted by Crippen LogP contribution is 2.25. The maximum Gasteiger partial charge on any atom is 0.310 e. The number of anilines is 1. The van der Waals surface area contributed by atoms with Crippen molar-refractivity contribution in [2.45, 2.75) is 19.4 Å². The van der Waals surface area contributed by atoms with Crippen LogP contribution in [0.3, 0.4) is 0 Å². The number of hydrogen-bond donors (Lipinski definition) is 1. The maximum atomic E-state index is 12.1. The lowest BCUT2D eigenvalue weighted by Crippen LogP contribution is -2.30. The third kappa shape index (κ3) is 6.29. The number of esters is 1. The van der Waals surface area contributed by atoms with Crippen LogP contribution >= 0.6 is 23.2 Å². The van der Waals surface area contributed by atoms with E-state index >= 15 is 0 Å². The molecule has 0 aliphatic rings. The second-order valence-corrected chi connectivity index (χ2v) is 6.00. The Morgan fingerprint density at radius 2 is 1.84 bits per heavy atom. The zero-order valence-corrected chi connectivity index (χ0v) is 15.0. The molecule has 1 N–H and O–H groups in total. The Morgan fingerprint density at radius 1 is 1.12 bits per heavy atom. The number of carbonyl (C=O) groups excluding carboxylic acids is 2. The lowest BCUT2D eigenvalue weighted by Gasteiger charge is -2.14. The minimum absolute atomic E-state index is 0.0322. The second kappa shape index (κ2) is 9.30. The molecular formula is C18H17Cl2NO4. The van der Waals surface area contributed by atoms with E-state index in [4.69, 9.17) is 32.7 Å². The molecule has 5 nitrogen and oxygen atoms in total. The van der Waals surface area contributed by atoms with Crippen molar-refractivity contribution in [3.05, 3.63) is 58.6 Å². The molecule has 0 aliphatic heterocycles. The summed E-state index contributed by atoms with van der Waals surface area (Å²) in [6.45, 7) is 1.64. The van der Waals surface area contributed by atoms with Gasteiger partial charge in [0.1, 0.15) is 5.75 Å². The zero-order chi connectivity index (χ0) is 18.2. The fourth-order valence-corrected chi connectivity index (χ4v) is 2.24. The highest BCUT2D eigenvalue weighted by atomic mass is 35.5. The summed E-state index contributed by atoms with van der Waals surface area (Å²) >= 11 is 11.8. The molecule has 0 spiro atoms. The van der Waals surface area contributed by atoms with Gasteiger partial charge in [-0.1, -0.05) is 41.4 Å². The lowest BCUT2D eigenvalue weighted by atomic mass is 10.3. The quantitative estimate of drug-likeness (QED) is 0.724. The SMILES string of the molecule is C[C@@H](OC(=O)CCOc1ccccc1)C(=O)Nc1cc(Cl)ccc1Cl. The average Bonchev–Trinajstić information content (AvgIpc) is 2.59. The topological polar surface area (TPSA) is 64.6 Å². The standard InChI is InChI=1S/C18H17Cl2NO4/c1-12(18(23)21-16-11-13(19)7-8-15(16)20)25-17(22)9-10-24-14-5-3-2-4-6-14/h2-8,11-12H,9-10H2,1H3,(H,21,23)/t12-/m1/s1. The van der Waals surface area contributed by atoms with Crippen LogP contribution in [0.15, 0.2) is 48.5 Å². The first-order valence-corrected chi connectivity index (χ1v) is 8.34. The van der Waals surface area contributed by atoms with E-state index in [2.05, 4.69) is 5.32 Å². The fraction of sp³-hybridized carbons (Fsp3) is 0.222. The van der Waals surface area contributed by atoms with Gasteiger partial charge in [-0.2, -0.15) is 0 Å². The van der Waals surface area contributed by atoms with E-state index < -0.39 is 18.0 Å². The van der Waals surface area contributed by atoms with Crippen LogP contribution in [-0.2, 0) is 14.3 Å². The molecule has 0 radical (unpaired) electrons. The third-order valence-corrected chi connectivity index (χ3v) is 3.75. The normalized spacial score (nSPS) is 11.5. The molecule has 0 fully saturated rings. The van der Waals surface area contributed by atoms with Crippen LogP contribution in [0.25, 0.3) is 0 Å². The molecule has 0 saturated heterocycles. The van der Waals surface area contributed by atoms with Gasteiger partial charge in [0.2, 0.25) is 0 Å². The second-order valence-electron chi connectivity index (χ2n) is 5.16. The Labute approximate surface area is 155 Å². The molecule has 2 aromatic rings. The number of halogens is 2. The van der Waals surface area contributed by atoms with Crippen molar-refractivity contribution in [3.8, 4) is 5.75 Å². The van der Waals surface area contributed by atoms with Crippen LogP contribution in [0.2, 0.25) is 10.0 Å². The Balaban J connectivity index is 1.78. The molecule has 0 saturated carbocycles. The van der Waals surface area contributed by atoms with E-state index in [0.29, 0.717) is 21.5 Å². The summed E-state index contributed by atoms with van der Waals surface area (Å²) < 4.78 is 10.5. The summed E-state index contributed by atoms with van der Waals surface area (Å²) in [4.78, 5) is 23.9. The molecule has 0 aromatic heterocycles. The molecule has 2 rings (SSSR count). The molecule has 7 heteroatoms. The van der Waals surface area contributed by atoms with Crippen molar-refractivity contribution < 1.29 is 19.1 Å². The monoisotopic (exact) mass is 381 g/mol. The molecular weight excluding hydrogens is 365 g/mol. The van der Waals surface area contributed by atoms with Gasteiger partial charge in [-0.3, -0.25) is 9.59 Å². The predicted molar refractivity (Wildman–Crippen MR) is 97.2 cm³/mol. The van der Waals surface area contributed by atoms with E-state index in [1.165, 1.54) is 13.0 Å². The molecule has 0 heterocycles. The summed E-state index contributed by atoms with van der Waals surface area (Å²) in [7, 11) is 0. The van der Waals surface area contributed by atoms with Gasteiger partial charge in [-0.25, -0.2) is 0 Å². The Morgan fingerprint density at radius 3 is 2.56 bits per heavy atom. The first-order chi connectivity index (χ1) is 12.0. The summed E-state index contributed by atoms with van der Waals surface area (Å²) in [5, 5.41) is 3.35. The van der Waals surface area contributed by atoms with E-state index in [-0.39, 0.29) is 13.0 Å². The smallest absolute Gasteiger partial charge is 0.310 e. The van der Waals surface area contributed by atoms with E-state index in [1.54, 1.807) is 24.3 Å². The fourth-order valence-electron chi connectivity index (χ4n) is 1.91. The van der Waals surface area contributed by atoms with Crippen LogP contribution in [0.4, 0.5) is 5.69 Å². The van der Waals surface area contributed by atoms with Crippen LogP contribution in [-0.4, -0.2) is 24.6 Å². The minimum Gasteiger partial charge on any atom is -0.493 e. The molecule has 0 bridgehead atoms. The number of benzene rings is 2. The van der Waals surface area contributed by atoms with E-state index in [9.17, 15) is 9.59 Å². The number of hydrogen-bond acceptors (Lipinski definition) is 4. The highest BCUT2D eigenvalue weighted by Gasteiger charge is 2.19. The molecule has 25 heavy (non-hydrogen) atoms. The van der Waals surface area contributed by atoms with Gasteiger partial charge >= 0.3 is 5.97 Å². The van der Waals surface area contributed by atoms with Gasteiger partial charge < -0.3 is 14.8 Å². The molecule has 132 valence electrons. The van der Waals surface area contributed by atoms with E-state index in [1.807, 2.05) is 18.2 Å². The predicted octanol–water partition coefficient (Wildman–Crippen LogP) is 4.33. The van der Waals surface area contributed by atoms with Gasteiger partial charge in [0.25, 0.3) is 5.91 Å². The first-order valence-electron chi connectivity index (χ1n) is 7.59. The molecule has 1 atom stereocenters. The number of para-hydroxylation sites is 1. The minimum atomic E-state index is -0.973. The van der Waals surface area contributed by atoms with Gasteiger partial charge in [0.05, 0.1) is 23.7 Å². The van der Waals surface area contributed by atoms with Crippen molar-refractivity contribution in [1.82, 2.24) is 0 Å². The highest BCUT2D eigenvalue weighted by molar-refractivity contribution is 6.35. The third-order valence-electron chi connectivity index (χ3n) is 3.18. The van der Waals surface area contributed by atoms with Crippen LogP contribution < -0.4 is 10.1 Å². The van der Waals surface area contributed by atoms with Gasteiger partial charge in [-0.15, -0.1) is 0 Å². The molecule has 0 aliphatic carbocycles. The number of rotatable bonds is 7. The molecule has 1 amide bonds. The number of nitrogens with one attached hydrogen (secondary N) is 1. The summed E-state index contributed by atoms with van der Waals surface area (Å²) in [5.41, 5.74) is 0.356. The van der Waals surface area contributed by atoms with E-state index in [0.717, 1.165) is 0 Å². The van der Waals surface area contributed by atoms with Crippen LogP contribution in [0.5, 0.6) is 5.75 Å². The molecule has 2 aromatic carbocycles. The van der Waals surface area contributed by atoms with Gasteiger partial charge in [0, 0.05) is 5.02 Å². The number of carbonyl (C=O) groups is 2. The zero-order valence-electron chi connectivity index (χ0n) is 13.5. The van der Waals surface area contributed by atoms with Crippen molar-refractivity contribution in [1.29, 1.82) is 0 Å². The van der Waals surface area contributed by atoms with Gasteiger partial charge in [-0.05, 0) is 37.3 Å². The largest absolute Gasteiger partial charge is 0.493 e.